The molecule has 2 amide bonds. The third-order valence-corrected chi connectivity index (χ3v) is 4.22. The molecule has 0 saturated heterocycles. The Labute approximate surface area is 153 Å². The van der Waals surface area contributed by atoms with Crippen molar-refractivity contribution in [1.29, 1.82) is 0 Å². The van der Waals surface area contributed by atoms with Gasteiger partial charge in [-0.2, -0.15) is 0 Å². The van der Waals surface area contributed by atoms with E-state index in [1.54, 1.807) is 25.1 Å². The number of halogens is 1. The molecule has 3 rings (SSSR count). The maximum absolute atomic E-state index is 12.1. The van der Waals surface area contributed by atoms with Crippen molar-refractivity contribution in [3.05, 3.63) is 58.6 Å². The SMILES string of the molecule is C[C@@H](Oc1cccc(Br)c1)C(=O)NNC(=O)[C@@H]1Cc2ccccc2O1. The van der Waals surface area contributed by atoms with Gasteiger partial charge < -0.3 is 9.47 Å². The van der Waals surface area contributed by atoms with E-state index in [0.29, 0.717) is 17.9 Å². The minimum absolute atomic E-state index is 0.404. The first-order chi connectivity index (χ1) is 12.0. The molecule has 0 saturated carbocycles. The van der Waals surface area contributed by atoms with Crippen molar-refractivity contribution in [1.82, 2.24) is 10.9 Å². The normalized spacial score (nSPS) is 16.3. The van der Waals surface area contributed by atoms with Crippen LogP contribution in [0.5, 0.6) is 11.5 Å². The number of benzene rings is 2. The average Bonchev–Trinajstić information content (AvgIpc) is 3.03. The molecule has 7 heteroatoms. The largest absolute Gasteiger partial charge is 0.481 e. The first-order valence-electron chi connectivity index (χ1n) is 7.79. The van der Waals surface area contributed by atoms with Crippen LogP contribution in [-0.4, -0.2) is 24.0 Å². The van der Waals surface area contributed by atoms with Crippen LogP contribution < -0.4 is 20.3 Å². The molecule has 0 aromatic heterocycles. The smallest absolute Gasteiger partial charge is 0.279 e. The number of amides is 2. The number of nitrogens with one attached hydrogen (secondary N) is 2. The van der Waals surface area contributed by atoms with Crippen molar-refractivity contribution < 1.29 is 19.1 Å². The van der Waals surface area contributed by atoms with E-state index in [-0.39, 0.29) is 0 Å². The van der Waals surface area contributed by atoms with Gasteiger partial charge in [0.15, 0.2) is 12.2 Å². The van der Waals surface area contributed by atoms with Crippen LogP contribution in [0, 0.1) is 0 Å². The number of hydrogen-bond acceptors (Lipinski definition) is 4. The second-order valence-corrected chi connectivity index (χ2v) is 6.53. The fraction of sp³-hybridized carbons (Fsp3) is 0.222. The maximum Gasteiger partial charge on any atom is 0.279 e. The lowest BCUT2D eigenvalue weighted by Gasteiger charge is -2.16. The summed E-state index contributed by atoms with van der Waals surface area (Å²) in [5.41, 5.74) is 5.72. The van der Waals surface area contributed by atoms with Crippen LogP contribution in [0.25, 0.3) is 0 Å². The molecular formula is C18H17BrN2O4. The Balaban J connectivity index is 1.48. The third-order valence-electron chi connectivity index (χ3n) is 3.73. The van der Waals surface area contributed by atoms with Gasteiger partial charge in [-0.15, -0.1) is 0 Å². The second kappa shape index (κ2) is 7.57. The van der Waals surface area contributed by atoms with Gasteiger partial charge in [0.05, 0.1) is 0 Å². The summed E-state index contributed by atoms with van der Waals surface area (Å²) >= 11 is 3.34. The Hall–Kier alpha value is -2.54. The Morgan fingerprint density at radius 2 is 2.00 bits per heavy atom. The summed E-state index contributed by atoms with van der Waals surface area (Å²) in [6, 6.07) is 14.6. The molecule has 25 heavy (non-hydrogen) atoms. The number of ether oxygens (including phenoxy) is 2. The number of hydrogen-bond donors (Lipinski definition) is 2. The van der Waals surface area contributed by atoms with Crippen LogP contribution >= 0.6 is 15.9 Å². The lowest BCUT2D eigenvalue weighted by atomic mass is 10.1. The Bertz CT molecular complexity index is 771. The molecule has 0 fully saturated rings. The van der Waals surface area contributed by atoms with Crippen LogP contribution in [0.2, 0.25) is 0 Å². The highest BCUT2D eigenvalue weighted by Gasteiger charge is 2.29. The van der Waals surface area contributed by atoms with E-state index in [4.69, 9.17) is 9.47 Å². The van der Waals surface area contributed by atoms with Crippen molar-refractivity contribution in [2.45, 2.75) is 25.6 Å². The lowest BCUT2D eigenvalue weighted by Crippen LogP contribution is -2.51. The minimum Gasteiger partial charge on any atom is -0.481 e. The molecule has 2 aromatic carbocycles. The molecule has 0 spiro atoms. The van der Waals surface area contributed by atoms with E-state index in [9.17, 15) is 9.59 Å². The van der Waals surface area contributed by atoms with Crippen LogP contribution in [-0.2, 0) is 16.0 Å². The van der Waals surface area contributed by atoms with Gasteiger partial charge >= 0.3 is 0 Å². The molecule has 0 aliphatic carbocycles. The Kier molecular flexibility index (Phi) is 5.23. The quantitative estimate of drug-likeness (QED) is 0.766. The molecule has 130 valence electrons. The number of fused-ring (bicyclic) bond motifs is 1. The highest BCUT2D eigenvalue weighted by atomic mass is 79.9. The monoisotopic (exact) mass is 404 g/mol. The van der Waals surface area contributed by atoms with E-state index in [1.165, 1.54) is 0 Å². The van der Waals surface area contributed by atoms with E-state index < -0.39 is 24.0 Å². The van der Waals surface area contributed by atoms with Crippen LogP contribution in [0.4, 0.5) is 0 Å². The minimum atomic E-state index is -0.767. The first kappa shape index (κ1) is 17.3. The van der Waals surface area contributed by atoms with Gasteiger partial charge in [-0.25, -0.2) is 0 Å². The molecule has 2 aromatic rings. The second-order valence-electron chi connectivity index (χ2n) is 5.61. The summed E-state index contributed by atoms with van der Waals surface area (Å²) in [6.45, 7) is 1.60. The van der Waals surface area contributed by atoms with Gasteiger partial charge in [0.25, 0.3) is 11.8 Å². The molecule has 6 nitrogen and oxygen atoms in total. The topological polar surface area (TPSA) is 76.7 Å². The summed E-state index contributed by atoms with van der Waals surface area (Å²) < 4.78 is 12.0. The highest BCUT2D eigenvalue weighted by Crippen LogP contribution is 2.28. The molecule has 2 N–H and O–H groups in total. The predicted molar refractivity (Wildman–Crippen MR) is 95.1 cm³/mol. The van der Waals surface area contributed by atoms with Gasteiger partial charge in [0.1, 0.15) is 11.5 Å². The highest BCUT2D eigenvalue weighted by molar-refractivity contribution is 9.10. The van der Waals surface area contributed by atoms with E-state index in [0.717, 1.165) is 10.0 Å². The third kappa shape index (κ3) is 4.30. The van der Waals surface area contributed by atoms with Gasteiger partial charge in [0, 0.05) is 10.9 Å². The number of hydrazine groups is 1. The van der Waals surface area contributed by atoms with Gasteiger partial charge in [-0.05, 0) is 36.8 Å². The fourth-order valence-corrected chi connectivity index (χ4v) is 2.81. The molecule has 1 aliphatic rings. The molecule has 0 unspecified atom stereocenters. The molecule has 1 heterocycles. The van der Waals surface area contributed by atoms with Crippen molar-refractivity contribution in [2.75, 3.05) is 0 Å². The van der Waals surface area contributed by atoms with Gasteiger partial charge in [0.2, 0.25) is 0 Å². The van der Waals surface area contributed by atoms with Crippen molar-refractivity contribution >= 4 is 27.7 Å². The van der Waals surface area contributed by atoms with Gasteiger partial charge in [-0.3, -0.25) is 20.4 Å². The van der Waals surface area contributed by atoms with Crippen LogP contribution in [0.15, 0.2) is 53.0 Å². The number of rotatable bonds is 4. The van der Waals surface area contributed by atoms with Crippen molar-refractivity contribution in [3.63, 3.8) is 0 Å². The number of carbonyl (C=O) groups is 2. The zero-order valence-corrected chi connectivity index (χ0v) is 15.1. The Morgan fingerprint density at radius 3 is 2.76 bits per heavy atom. The molecular weight excluding hydrogens is 388 g/mol. The molecule has 1 aliphatic heterocycles. The molecule has 0 radical (unpaired) electrons. The van der Waals surface area contributed by atoms with Crippen molar-refractivity contribution in [3.8, 4) is 11.5 Å². The van der Waals surface area contributed by atoms with Crippen LogP contribution in [0.3, 0.4) is 0 Å². The summed E-state index contributed by atoms with van der Waals surface area (Å²) in [7, 11) is 0. The first-order valence-corrected chi connectivity index (χ1v) is 8.59. The fourth-order valence-electron chi connectivity index (χ4n) is 2.43. The van der Waals surface area contributed by atoms with Gasteiger partial charge in [-0.1, -0.05) is 40.2 Å². The predicted octanol–water partition coefficient (Wildman–Crippen LogP) is 2.37. The van der Waals surface area contributed by atoms with E-state index in [2.05, 4.69) is 26.8 Å². The lowest BCUT2D eigenvalue weighted by molar-refractivity contribution is -0.135. The summed E-state index contributed by atoms with van der Waals surface area (Å²) in [4.78, 5) is 24.2. The van der Waals surface area contributed by atoms with Crippen molar-refractivity contribution in [2.24, 2.45) is 0 Å². The Morgan fingerprint density at radius 1 is 1.20 bits per heavy atom. The standard InChI is InChI=1S/C18H17BrN2O4/c1-11(24-14-7-4-6-13(19)10-14)17(22)20-21-18(23)16-9-12-5-2-3-8-15(12)25-16/h2-8,10-11,16H,9H2,1H3,(H,20,22)(H,21,23)/t11-,16+/m1/s1. The maximum atomic E-state index is 12.1. The number of carbonyl (C=O) groups excluding carboxylic acids is 2. The number of para-hydroxylation sites is 1. The molecule has 2 atom stereocenters. The van der Waals surface area contributed by atoms with E-state index >= 15 is 0 Å². The molecule has 0 bridgehead atoms. The summed E-state index contributed by atoms with van der Waals surface area (Å²) in [5.74, 6) is 0.390. The summed E-state index contributed by atoms with van der Waals surface area (Å²) in [6.07, 6.45) is -0.947. The van der Waals surface area contributed by atoms with E-state index in [1.807, 2.05) is 30.3 Å². The van der Waals surface area contributed by atoms with Crippen LogP contribution in [0.1, 0.15) is 12.5 Å². The average molecular weight is 405 g/mol. The zero-order valence-electron chi connectivity index (χ0n) is 13.5. The summed E-state index contributed by atoms with van der Waals surface area (Å²) in [5, 5.41) is 0. The zero-order chi connectivity index (χ0) is 17.8.